The molecule has 0 atom stereocenters. The molecule has 1 rings (SSSR count). The highest BCUT2D eigenvalue weighted by molar-refractivity contribution is 5.70. The summed E-state index contributed by atoms with van der Waals surface area (Å²) in [6.07, 6.45) is 0. The average molecular weight is 184 g/mol. The Hall–Kier alpha value is -1.85. The van der Waals surface area contributed by atoms with Crippen LogP contribution < -0.4 is 9.47 Å². The minimum Gasteiger partial charge on any atom is -0.408 e. The largest absolute Gasteiger partial charge is 0.408 e. The number of carbonyl (C=O) groups is 2. The Balaban J connectivity index is 2.63. The highest BCUT2D eigenvalue weighted by Gasteiger charge is 2.06. The summed E-state index contributed by atoms with van der Waals surface area (Å²) in [7, 11) is 0. The van der Waals surface area contributed by atoms with Gasteiger partial charge in [0.2, 0.25) is 11.8 Å². The molecule has 0 radical (unpaired) electrons. The molecule has 0 aromatic carbocycles. The van der Waals surface area contributed by atoms with Crippen molar-refractivity contribution in [2.75, 3.05) is 0 Å². The van der Waals surface area contributed by atoms with Crippen molar-refractivity contribution in [2.45, 2.75) is 13.8 Å². The van der Waals surface area contributed by atoms with Gasteiger partial charge in [-0.3, -0.25) is 9.59 Å². The predicted molar refractivity (Wildman–Crippen MR) is 41.2 cm³/mol. The Kier molecular flexibility index (Phi) is 2.63. The van der Waals surface area contributed by atoms with E-state index in [2.05, 4.69) is 19.7 Å². The van der Waals surface area contributed by atoms with Crippen molar-refractivity contribution in [3.63, 3.8) is 0 Å². The van der Waals surface area contributed by atoms with Gasteiger partial charge in [0.1, 0.15) is 0 Å². The zero-order valence-electron chi connectivity index (χ0n) is 7.16. The van der Waals surface area contributed by atoms with E-state index >= 15 is 0 Å². The van der Waals surface area contributed by atoms with Crippen molar-refractivity contribution in [2.24, 2.45) is 0 Å². The summed E-state index contributed by atoms with van der Waals surface area (Å²) in [4.78, 5) is 20.9. The van der Waals surface area contributed by atoms with Gasteiger partial charge in [-0.25, -0.2) is 5.10 Å². The monoisotopic (exact) mass is 184 g/mol. The average Bonchev–Trinajstić information content (AvgIpc) is 2.33. The molecule has 0 unspecified atom stereocenters. The molecule has 0 aliphatic rings. The summed E-state index contributed by atoms with van der Waals surface area (Å²) in [5.41, 5.74) is 0. The van der Waals surface area contributed by atoms with E-state index in [0.29, 0.717) is 0 Å². The maximum atomic E-state index is 10.5. The summed E-state index contributed by atoms with van der Waals surface area (Å²) >= 11 is 0. The van der Waals surface area contributed by atoms with E-state index in [1.54, 1.807) is 0 Å². The van der Waals surface area contributed by atoms with E-state index in [1.165, 1.54) is 19.9 Å². The number of aromatic nitrogens is 2. The number of ether oxygens (including phenoxy) is 2. The SMILES string of the molecule is CC(=O)Oc1cc(OC(C)=O)[nH]n1. The molecular weight excluding hydrogens is 176 g/mol. The van der Waals surface area contributed by atoms with Crippen LogP contribution in [0.3, 0.4) is 0 Å². The molecule has 1 heterocycles. The van der Waals surface area contributed by atoms with Gasteiger partial charge in [-0.15, -0.1) is 5.10 Å². The third-order valence-electron chi connectivity index (χ3n) is 1.03. The number of hydrogen-bond donors (Lipinski definition) is 1. The first-order chi connectivity index (χ1) is 6.08. The van der Waals surface area contributed by atoms with Crippen molar-refractivity contribution in [1.29, 1.82) is 0 Å². The first kappa shape index (κ1) is 9.24. The van der Waals surface area contributed by atoms with Gasteiger partial charge in [0.15, 0.2) is 0 Å². The third-order valence-corrected chi connectivity index (χ3v) is 1.03. The topological polar surface area (TPSA) is 81.3 Å². The Morgan fingerprint density at radius 1 is 1.31 bits per heavy atom. The fourth-order valence-corrected chi connectivity index (χ4v) is 0.694. The summed E-state index contributed by atoms with van der Waals surface area (Å²) in [6, 6.07) is 1.31. The van der Waals surface area contributed by atoms with Gasteiger partial charge in [-0.2, -0.15) is 0 Å². The minimum absolute atomic E-state index is 0.0729. The van der Waals surface area contributed by atoms with Crippen LogP contribution in [0.1, 0.15) is 13.8 Å². The van der Waals surface area contributed by atoms with Crippen LogP contribution in [-0.4, -0.2) is 22.1 Å². The molecule has 13 heavy (non-hydrogen) atoms. The van der Waals surface area contributed by atoms with E-state index in [4.69, 9.17) is 0 Å². The van der Waals surface area contributed by atoms with Gasteiger partial charge in [-0.1, -0.05) is 0 Å². The van der Waals surface area contributed by atoms with E-state index in [9.17, 15) is 9.59 Å². The summed E-state index contributed by atoms with van der Waals surface area (Å²) in [5, 5.41) is 5.94. The summed E-state index contributed by atoms with van der Waals surface area (Å²) in [6.45, 7) is 2.51. The molecule has 0 aliphatic heterocycles. The van der Waals surface area contributed by atoms with Crippen LogP contribution in [0.25, 0.3) is 0 Å². The van der Waals surface area contributed by atoms with Crippen LogP contribution in [0, 0.1) is 0 Å². The maximum Gasteiger partial charge on any atom is 0.309 e. The Labute approximate surface area is 73.8 Å². The standard InChI is InChI=1S/C7H8N2O4/c1-4(10)12-6-3-7(9-8-6)13-5(2)11/h3H,1-2H3,(H,8,9). The molecule has 0 saturated heterocycles. The molecule has 6 heteroatoms. The number of H-pyrrole nitrogens is 1. The van der Waals surface area contributed by atoms with Crippen LogP contribution in [0.15, 0.2) is 6.07 Å². The molecule has 1 aromatic heterocycles. The first-order valence-electron chi connectivity index (χ1n) is 3.50. The fourth-order valence-electron chi connectivity index (χ4n) is 0.694. The van der Waals surface area contributed by atoms with Gasteiger partial charge in [0.25, 0.3) is 0 Å². The lowest BCUT2D eigenvalue weighted by Crippen LogP contribution is -2.01. The quantitative estimate of drug-likeness (QED) is 0.666. The first-order valence-corrected chi connectivity index (χ1v) is 3.50. The molecule has 6 nitrogen and oxygen atoms in total. The molecule has 0 spiro atoms. The molecule has 1 N–H and O–H groups in total. The minimum atomic E-state index is -0.485. The van der Waals surface area contributed by atoms with Gasteiger partial charge in [0.05, 0.1) is 6.07 Å². The van der Waals surface area contributed by atoms with E-state index in [1.807, 2.05) is 0 Å². The van der Waals surface area contributed by atoms with Crippen LogP contribution in [0.5, 0.6) is 11.8 Å². The molecule has 0 aliphatic carbocycles. The predicted octanol–water partition coefficient (Wildman–Crippen LogP) is 0.260. The third kappa shape index (κ3) is 2.94. The van der Waals surface area contributed by atoms with Crippen molar-refractivity contribution in [1.82, 2.24) is 10.2 Å². The molecule has 0 amide bonds. The smallest absolute Gasteiger partial charge is 0.309 e. The van der Waals surface area contributed by atoms with Crippen molar-refractivity contribution in [3.8, 4) is 11.8 Å². The lowest BCUT2D eigenvalue weighted by Gasteiger charge is -1.92. The maximum absolute atomic E-state index is 10.5. The highest BCUT2D eigenvalue weighted by Crippen LogP contribution is 2.14. The number of carbonyl (C=O) groups excluding carboxylic acids is 2. The lowest BCUT2D eigenvalue weighted by molar-refractivity contribution is -0.132. The lowest BCUT2D eigenvalue weighted by atomic mass is 10.6. The van der Waals surface area contributed by atoms with Crippen molar-refractivity contribution < 1.29 is 19.1 Å². The van der Waals surface area contributed by atoms with E-state index in [0.717, 1.165) is 0 Å². The molecule has 0 bridgehead atoms. The second kappa shape index (κ2) is 3.70. The number of nitrogens with zero attached hydrogens (tertiary/aromatic N) is 1. The number of rotatable bonds is 2. The van der Waals surface area contributed by atoms with Gasteiger partial charge < -0.3 is 9.47 Å². The van der Waals surface area contributed by atoms with Gasteiger partial charge in [0, 0.05) is 13.8 Å². The Morgan fingerprint density at radius 2 is 1.92 bits per heavy atom. The fraction of sp³-hybridized carbons (Fsp3) is 0.286. The van der Waals surface area contributed by atoms with Crippen LogP contribution >= 0.6 is 0 Å². The number of hydrogen-bond acceptors (Lipinski definition) is 5. The van der Waals surface area contributed by atoms with E-state index in [-0.39, 0.29) is 11.8 Å². The zero-order valence-corrected chi connectivity index (χ0v) is 7.16. The van der Waals surface area contributed by atoms with Crippen LogP contribution in [-0.2, 0) is 9.59 Å². The van der Waals surface area contributed by atoms with Gasteiger partial charge in [-0.05, 0) is 0 Å². The molecule has 0 saturated carbocycles. The van der Waals surface area contributed by atoms with Crippen molar-refractivity contribution in [3.05, 3.63) is 6.07 Å². The number of nitrogens with one attached hydrogen (secondary N) is 1. The molecular formula is C7H8N2O4. The second-order valence-electron chi connectivity index (χ2n) is 2.26. The van der Waals surface area contributed by atoms with Gasteiger partial charge >= 0.3 is 11.9 Å². The van der Waals surface area contributed by atoms with Crippen molar-refractivity contribution >= 4 is 11.9 Å². The zero-order chi connectivity index (χ0) is 9.84. The highest BCUT2D eigenvalue weighted by atomic mass is 16.6. The second-order valence-corrected chi connectivity index (χ2v) is 2.26. The number of esters is 2. The number of aromatic amines is 1. The van der Waals surface area contributed by atoms with Crippen LogP contribution in [0.4, 0.5) is 0 Å². The Bertz CT molecular complexity index is 300. The van der Waals surface area contributed by atoms with Crippen LogP contribution in [0.2, 0.25) is 0 Å². The summed E-state index contributed by atoms with van der Waals surface area (Å²) in [5.74, 6) is -0.744. The normalized spacial score (nSPS) is 9.38. The molecule has 0 fully saturated rings. The Morgan fingerprint density at radius 3 is 2.46 bits per heavy atom. The molecule has 1 aromatic rings. The summed E-state index contributed by atoms with van der Waals surface area (Å²) < 4.78 is 9.23. The molecule has 70 valence electrons. The van der Waals surface area contributed by atoms with E-state index < -0.39 is 11.9 Å².